The molecule has 0 unspecified atom stereocenters. The zero-order valence-corrected chi connectivity index (χ0v) is 17.1. The van der Waals surface area contributed by atoms with Crippen LogP contribution in [0.25, 0.3) is 22.4 Å². The van der Waals surface area contributed by atoms with Crippen molar-refractivity contribution in [2.75, 3.05) is 14.2 Å². The summed E-state index contributed by atoms with van der Waals surface area (Å²) in [5, 5.41) is 0. The van der Waals surface area contributed by atoms with Crippen LogP contribution in [0.15, 0.2) is 60.7 Å². The van der Waals surface area contributed by atoms with E-state index >= 15 is 0 Å². The van der Waals surface area contributed by atoms with Gasteiger partial charge in [0, 0.05) is 5.56 Å². The molecule has 0 bridgehead atoms. The number of fused-ring (bicyclic) bond motifs is 1. The van der Waals surface area contributed by atoms with E-state index in [4.69, 9.17) is 14.2 Å². The number of aromatic nitrogens is 2. The van der Waals surface area contributed by atoms with Gasteiger partial charge in [-0.15, -0.1) is 0 Å². The lowest BCUT2D eigenvalue weighted by Gasteiger charge is -2.13. The molecule has 0 radical (unpaired) electrons. The third-order valence-electron chi connectivity index (χ3n) is 4.98. The first-order valence-electron chi connectivity index (χ1n) is 9.53. The zero-order chi connectivity index (χ0) is 21.1. The molecule has 1 N–H and O–H groups in total. The van der Waals surface area contributed by atoms with Crippen molar-refractivity contribution in [1.82, 2.24) is 9.97 Å². The molecule has 0 atom stereocenters. The Bertz CT molecular complexity index is 1210. The molecule has 0 aliphatic carbocycles. The molecule has 3 aromatic carbocycles. The van der Waals surface area contributed by atoms with E-state index in [0.717, 1.165) is 22.2 Å². The SMILES string of the molecule is COC(=O)c1ccc2nc(-c3ccc(OCc4ccccc4C)c(OC)c3)[nH]c2c1. The highest BCUT2D eigenvalue weighted by molar-refractivity contribution is 5.94. The Labute approximate surface area is 174 Å². The minimum atomic E-state index is -0.384. The Hall–Kier alpha value is -3.80. The van der Waals surface area contributed by atoms with Gasteiger partial charge in [0.2, 0.25) is 0 Å². The first kappa shape index (κ1) is 19.5. The molecule has 0 amide bonds. The van der Waals surface area contributed by atoms with Crippen LogP contribution in [0.5, 0.6) is 11.5 Å². The molecular formula is C24H22N2O4. The molecule has 0 aliphatic rings. The summed E-state index contributed by atoms with van der Waals surface area (Å²) in [6, 6.07) is 19.0. The molecular weight excluding hydrogens is 380 g/mol. The summed E-state index contributed by atoms with van der Waals surface area (Å²) in [6.45, 7) is 2.52. The predicted molar refractivity (Wildman–Crippen MR) is 115 cm³/mol. The molecule has 0 fully saturated rings. The lowest BCUT2D eigenvalue weighted by atomic mass is 10.1. The van der Waals surface area contributed by atoms with Crippen LogP contribution in [0, 0.1) is 6.92 Å². The summed E-state index contributed by atoms with van der Waals surface area (Å²) in [7, 11) is 2.97. The fourth-order valence-corrected chi connectivity index (χ4v) is 3.25. The number of rotatable bonds is 6. The number of H-pyrrole nitrogens is 1. The van der Waals surface area contributed by atoms with Gasteiger partial charge in [0.15, 0.2) is 11.5 Å². The number of hydrogen-bond donors (Lipinski definition) is 1. The third kappa shape index (κ3) is 3.85. The highest BCUT2D eigenvalue weighted by Crippen LogP contribution is 2.33. The molecule has 1 aromatic heterocycles. The molecule has 6 nitrogen and oxygen atoms in total. The number of carbonyl (C=O) groups excluding carboxylic acids is 1. The number of methoxy groups -OCH3 is 2. The van der Waals surface area contributed by atoms with Crippen molar-refractivity contribution >= 4 is 17.0 Å². The molecule has 0 aliphatic heterocycles. The average molecular weight is 402 g/mol. The normalized spacial score (nSPS) is 10.8. The van der Waals surface area contributed by atoms with Crippen molar-refractivity contribution in [3.8, 4) is 22.9 Å². The average Bonchev–Trinajstić information content (AvgIpc) is 3.21. The number of aromatic amines is 1. The standard InChI is InChI=1S/C24H22N2O4/c1-15-6-4-5-7-18(15)14-30-21-11-9-16(13-22(21)28-2)23-25-19-10-8-17(24(27)29-3)12-20(19)26-23/h4-13H,14H2,1-3H3,(H,25,26). The molecule has 0 spiro atoms. The van der Waals surface area contributed by atoms with Crippen molar-refractivity contribution in [1.29, 1.82) is 0 Å². The molecule has 1 heterocycles. The number of imidazole rings is 1. The fraction of sp³-hybridized carbons (Fsp3) is 0.167. The second-order valence-corrected chi connectivity index (χ2v) is 6.89. The van der Waals surface area contributed by atoms with Crippen molar-refractivity contribution in [3.05, 3.63) is 77.4 Å². The summed E-state index contributed by atoms with van der Waals surface area (Å²) in [5.74, 6) is 1.58. The first-order valence-corrected chi connectivity index (χ1v) is 9.53. The summed E-state index contributed by atoms with van der Waals surface area (Å²) in [6.07, 6.45) is 0. The largest absolute Gasteiger partial charge is 0.493 e. The quantitative estimate of drug-likeness (QED) is 0.464. The van der Waals surface area contributed by atoms with E-state index in [-0.39, 0.29) is 5.97 Å². The van der Waals surface area contributed by atoms with E-state index in [0.29, 0.717) is 29.5 Å². The van der Waals surface area contributed by atoms with Crippen molar-refractivity contribution in [2.45, 2.75) is 13.5 Å². The highest BCUT2D eigenvalue weighted by atomic mass is 16.5. The summed E-state index contributed by atoms with van der Waals surface area (Å²) < 4.78 is 16.3. The van der Waals surface area contributed by atoms with E-state index in [1.165, 1.54) is 12.7 Å². The van der Waals surface area contributed by atoms with Gasteiger partial charge in [0.25, 0.3) is 0 Å². The number of carbonyl (C=O) groups is 1. The van der Waals surface area contributed by atoms with Gasteiger partial charge >= 0.3 is 5.97 Å². The van der Waals surface area contributed by atoms with Crippen LogP contribution < -0.4 is 9.47 Å². The monoisotopic (exact) mass is 402 g/mol. The minimum absolute atomic E-state index is 0.384. The maximum absolute atomic E-state index is 11.8. The number of nitrogens with zero attached hydrogens (tertiary/aromatic N) is 1. The van der Waals surface area contributed by atoms with Crippen LogP contribution in [-0.4, -0.2) is 30.2 Å². The second kappa shape index (κ2) is 8.29. The van der Waals surface area contributed by atoms with Crippen molar-refractivity contribution in [3.63, 3.8) is 0 Å². The van der Waals surface area contributed by atoms with E-state index in [1.807, 2.05) is 36.4 Å². The van der Waals surface area contributed by atoms with Crippen LogP contribution in [0.4, 0.5) is 0 Å². The number of hydrogen-bond acceptors (Lipinski definition) is 5. The van der Waals surface area contributed by atoms with Gasteiger partial charge in [-0.1, -0.05) is 24.3 Å². The number of ether oxygens (including phenoxy) is 3. The van der Waals surface area contributed by atoms with E-state index < -0.39 is 0 Å². The zero-order valence-electron chi connectivity index (χ0n) is 17.1. The van der Waals surface area contributed by atoms with Crippen LogP contribution >= 0.6 is 0 Å². The van der Waals surface area contributed by atoms with Gasteiger partial charge < -0.3 is 19.2 Å². The Morgan fingerprint density at radius 2 is 1.83 bits per heavy atom. The molecule has 4 aromatic rings. The van der Waals surface area contributed by atoms with Gasteiger partial charge in [0.1, 0.15) is 12.4 Å². The fourth-order valence-electron chi connectivity index (χ4n) is 3.25. The number of esters is 1. The first-order chi connectivity index (χ1) is 14.6. The van der Waals surface area contributed by atoms with Crippen molar-refractivity contribution in [2.24, 2.45) is 0 Å². The summed E-state index contributed by atoms with van der Waals surface area (Å²) in [4.78, 5) is 19.6. The Balaban J connectivity index is 1.60. The summed E-state index contributed by atoms with van der Waals surface area (Å²) >= 11 is 0. The molecule has 30 heavy (non-hydrogen) atoms. The molecule has 4 rings (SSSR count). The highest BCUT2D eigenvalue weighted by Gasteiger charge is 2.13. The Kier molecular flexibility index (Phi) is 5.39. The van der Waals surface area contributed by atoms with E-state index in [1.54, 1.807) is 25.3 Å². The number of nitrogens with one attached hydrogen (secondary N) is 1. The third-order valence-corrected chi connectivity index (χ3v) is 4.98. The molecule has 0 saturated heterocycles. The van der Waals surface area contributed by atoms with Gasteiger partial charge in [0.05, 0.1) is 30.8 Å². The van der Waals surface area contributed by atoms with E-state index in [2.05, 4.69) is 23.0 Å². The van der Waals surface area contributed by atoms with Crippen LogP contribution in [0.2, 0.25) is 0 Å². The minimum Gasteiger partial charge on any atom is -0.493 e. The van der Waals surface area contributed by atoms with Gasteiger partial charge in [-0.05, 0) is 54.4 Å². The second-order valence-electron chi connectivity index (χ2n) is 6.89. The Morgan fingerprint density at radius 1 is 1.00 bits per heavy atom. The van der Waals surface area contributed by atoms with Crippen LogP contribution in [0.3, 0.4) is 0 Å². The maximum Gasteiger partial charge on any atom is 0.337 e. The van der Waals surface area contributed by atoms with Crippen LogP contribution in [-0.2, 0) is 11.3 Å². The van der Waals surface area contributed by atoms with Crippen molar-refractivity contribution < 1.29 is 19.0 Å². The number of aryl methyl sites for hydroxylation is 1. The number of benzene rings is 3. The molecule has 0 saturated carbocycles. The van der Waals surface area contributed by atoms with Gasteiger partial charge in [-0.3, -0.25) is 0 Å². The topological polar surface area (TPSA) is 73.4 Å². The Morgan fingerprint density at radius 3 is 2.60 bits per heavy atom. The van der Waals surface area contributed by atoms with Crippen LogP contribution in [0.1, 0.15) is 21.5 Å². The summed E-state index contributed by atoms with van der Waals surface area (Å²) in [5.41, 5.74) is 5.15. The lowest BCUT2D eigenvalue weighted by Crippen LogP contribution is -2.00. The van der Waals surface area contributed by atoms with Gasteiger partial charge in [-0.2, -0.15) is 0 Å². The lowest BCUT2D eigenvalue weighted by molar-refractivity contribution is 0.0601. The maximum atomic E-state index is 11.8. The van der Waals surface area contributed by atoms with Gasteiger partial charge in [-0.25, -0.2) is 9.78 Å². The van der Waals surface area contributed by atoms with E-state index in [9.17, 15) is 4.79 Å². The predicted octanol–water partition coefficient (Wildman–Crippen LogP) is 4.91. The molecule has 152 valence electrons. The molecule has 6 heteroatoms. The smallest absolute Gasteiger partial charge is 0.337 e.